The summed E-state index contributed by atoms with van der Waals surface area (Å²) >= 11 is 6.93. The van der Waals surface area contributed by atoms with Crippen LogP contribution in [-0.4, -0.2) is 53.0 Å². The Balaban J connectivity index is 2.43. The fraction of sp³-hybridized carbons (Fsp3) is 0.553. The van der Waals surface area contributed by atoms with Crippen molar-refractivity contribution in [1.82, 2.24) is 8.95 Å². The van der Waals surface area contributed by atoms with E-state index in [9.17, 15) is 23.3 Å². The van der Waals surface area contributed by atoms with Crippen LogP contribution in [0.2, 0.25) is 38.3 Å². The summed E-state index contributed by atoms with van der Waals surface area (Å²) in [6.07, 6.45) is 2.09. The highest BCUT2D eigenvalue weighted by molar-refractivity contribution is 7.89. The lowest BCUT2D eigenvalue weighted by Gasteiger charge is -2.44. The molecular formula is C38H56ClN3O6SSi2. The number of nitrogens with one attached hydrogen (secondary N) is 1. The Labute approximate surface area is 312 Å². The van der Waals surface area contributed by atoms with Crippen LogP contribution in [0, 0.1) is 21.6 Å². The number of hydrogen-bond donors (Lipinski definition) is 1. The Morgan fingerprint density at radius 1 is 0.902 bits per heavy atom. The van der Waals surface area contributed by atoms with Crippen molar-refractivity contribution in [2.45, 2.75) is 134 Å². The third-order valence-electron chi connectivity index (χ3n) is 11.0. The molecule has 1 aromatic heterocycles. The standard InChI is InChI=1S/C38H56ClN3O6SSi2/c1-24(2)50(25(3)4,26(5)6)19-18-30-20-32(39)22-36-37(30)31(23-41(36)51(27(7)8,28(9)10)29(11)12)21-35(38(43)48-13)40-49(46,47)34-16-14-33(15-17-34)42(44)45/h14-17,20,22-29,35,40H,21H2,1-13H3/t35-/m0/s1. The highest BCUT2D eigenvalue weighted by Gasteiger charge is 2.47. The van der Waals surface area contributed by atoms with Crippen molar-refractivity contribution in [3.05, 3.63) is 68.9 Å². The summed E-state index contributed by atoms with van der Waals surface area (Å²) in [6.45, 7) is 27.2. The van der Waals surface area contributed by atoms with E-state index in [0.29, 0.717) is 38.3 Å². The molecule has 3 aromatic rings. The number of nitro benzene ring substituents is 1. The number of ether oxygens (including phenoxy) is 1. The third-order valence-corrected chi connectivity index (χ3v) is 25.7. The molecule has 280 valence electrons. The van der Waals surface area contributed by atoms with E-state index < -0.39 is 43.3 Å². The second-order valence-corrected chi connectivity index (χ2v) is 29.0. The molecule has 0 amide bonds. The first-order valence-electron chi connectivity index (χ1n) is 17.8. The van der Waals surface area contributed by atoms with Gasteiger partial charge in [-0.25, -0.2) is 8.42 Å². The van der Waals surface area contributed by atoms with Gasteiger partial charge < -0.3 is 8.97 Å². The minimum atomic E-state index is -4.28. The zero-order valence-electron chi connectivity index (χ0n) is 32.4. The lowest BCUT2D eigenvalue weighted by molar-refractivity contribution is -0.384. The summed E-state index contributed by atoms with van der Waals surface area (Å²) in [5.74, 6) is 2.88. The molecule has 51 heavy (non-hydrogen) atoms. The van der Waals surface area contributed by atoms with E-state index >= 15 is 0 Å². The molecule has 9 nitrogen and oxygen atoms in total. The van der Waals surface area contributed by atoms with E-state index in [2.05, 4.69) is 110 Å². The number of hydrogen-bond acceptors (Lipinski definition) is 6. The largest absolute Gasteiger partial charge is 0.468 e. The van der Waals surface area contributed by atoms with Crippen LogP contribution in [0.25, 0.3) is 10.9 Å². The summed E-state index contributed by atoms with van der Waals surface area (Å²) in [5.41, 5.74) is 8.26. The maximum atomic E-state index is 13.6. The molecule has 0 aliphatic carbocycles. The van der Waals surface area contributed by atoms with Gasteiger partial charge in [-0.1, -0.05) is 101 Å². The van der Waals surface area contributed by atoms with Gasteiger partial charge in [-0.2, -0.15) is 4.72 Å². The van der Waals surface area contributed by atoms with E-state index in [1.54, 1.807) is 0 Å². The fourth-order valence-electron chi connectivity index (χ4n) is 8.96. The lowest BCUT2D eigenvalue weighted by atomic mass is 10.0. The average Bonchev–Trinajstić information content (AvgIpc) is 3.37. The van der Waals surface area contributed by atoms with Gasteiger partial charge in [0.25, 0.3) is 5.69 Å². The van der Waals surface area contributed by atoms with Crippen molar-refractivity contribution in [2.24, 2.45) is 0 Å². The quantitative estimate of drug-likeness (QED) is 0.0573. The highest BCUT2D eigenvalue weighted by Crippen LogP contribution is 2.46. The van der Waals surface area contributed by atoms with Crippen LogP contribution >= 0.6 is 11.6 Å². The predicted octanol–water partition coefficient (Wildman–Crippen LogP) is 9.86. The average molecular weight is 775 g/mol. The maximum absolute atomic E-state index is 13.6. The number of benzene rings is 2. The highest BCUT2D eigenvalue weighted by atomic mass is 35.5. The maximum Gasteiger partial charge on any atom is 0.324 e. The zero-order chi connectivity index (χ0) is 38.8. The third kappa shape index (κ3) is 8.18. The second kappa shape index (κ2) is 16.4. The number of fused-ring (bicyclic) bond motifs is 1. The number of esters is 1. The van der Waals surface area contributed by atoms with Crippen LogP contribution < -0.4 is 4.72 Å². The Morgan fingerprint density at radius 2 is 1.41 bits per heavy atom. The first-order chi connectivity index (χ1) is 23.6. The fourth-order valence-corrected chi connectivity index (χ4v) is 22.2. The molecule has 0 radical (unpaired) electrons. The monoisotopic (exact) mass is 773 g/mol. The predicted molar refractivity (Wildman–Crippen MR) is 214 cm³/mol. The summed E-state index contributed by atoms with van der Waals surface area (Å²) < 4.78 is 37.4. The lowest BCUT2D eigenvalue weighted by Crippen LogP contribution is -2.51. The van der Waals surface area contributed by atoms with Gasteiger partial charge in [0.2, 0.25) is 10.0 Å². The minimum Gasteiger partial charge on any atom is -0.468 e. The first kappa shape index (κ1) is 42.5. The Hall–Kier alpha value is -2.96. The molecular weight excluding hydrogens is 718 g/mol. The number of nitrogens with zero attached hydrogens (tertiary/aromatic N) is 2. The molecule has 0 spiro atoms. The number of sulfonamides is 1. The van der Waals surface area contributed by atoms with Crippen LogP contribution in [0.15, 0.2) is 47.5 Å². The van der Waals surface area contributed by atoms with Crippen molar-refractivity contribution < 1.29 is 22.9 Å². The van der Waals surface area contributed by atoms with Crippen molar-refractivity contribution in [3.8, 4) is 11.5 Å². The SMILES string of the molecule is COC(=O)[C@H](Cc1cn([Si](C(C)C)(C(C)C)C(C)C)c2cc(Cl)cc(C#C[Si](C(C)C)(C(C)C)C(C)C)c12)NS(=O)(=O)c1ccc([N+](=O)[O-])cc1. The number of non-ortho nitro benzene ring substituents is 1. The van der Waals surface area contributed by atoms with E-state index in [4.69, 9.17) is 16.3 Å². The Kier molecular flexibility index (Phi) is 13.6. The molecule has 1 heterocycles. The summed E-state index contributed by atoms with van der Waals surface area (Å²) in [6, 6.07) is 7.11. The molecule has 13 heteroatoms. The number of carbonyl (C=O) groups is 1. The van der Waals surface area contributed by atoms with Gasteiger partial charge in [0.1, 0.15) is 14.1 Å². The molecule has 2 aromatic carbocycles. The van der Waals surface area contributed by atoms with Crippen LogP contribution in [-0.2, 0) is 26.0 Å². The van der Waals surface area contributed by atoms with Crippen LogP contribution in [0.3, 0.4) is 0 Å². The molecule has 0 unspecified atom stereocenters. The van der Waals surface area contributed by atoms with Crippen LogP contribution in [0.1, 0.15) is 94.2 Å². The minimum absolute atomic E-state index is 0.0153. The van der Waals surface area contributed by atoms with Gasteiger partial charge in [0.05, 0.1) is 16.9 Å². The molecule has 3 rings (SSSR count). The molecule has 0 saturated carbocycles. The second-order valence-electron chi connectivity index (χ2n) is 15.5. The van der Waals surface area contributed by atoms with Gasteiger partial charge in [-0.3, -0.25) is 14.9 Å². The van der Waals surface area contributed by atoms with Crippen LogP contribution in [0.4, 0.5) is 5.69 Å². The van der Waals surface area contributed by atoms with Gasteiger partial charge in [-0.15, -0.1) is 5.54 Å². The molecule has 0 aliphatic rings. The van der Waals surface area contributed by atoms with E-state index in [1.165, 1.54) is 7.11 Å². The topological polar surface area (TPSA) is 121 Å². The Bertz CT molecular complexity index is 1870. The normalized spacial score (nSPS) is 13.5. The van der Waals surface area contributed by atoms with E-state index in [0.717, 1.165) is 46.3 Å². The van der Waals surface area contributed by atoms with Crippen molar-refractivity contribution >= 4 is 60.5 Å². The molecule has 1 atom stereocenters. The molecule has 1 N–H and O–H groups in total. The van der Waals surface area contributed by atoms with Crippen LogP contribution in [0.5, 0.6) is 0 Å². The smallest absolute Gasteiger partial charge is 0.324 e. The van der Waals surface area contributed by atoms with Gasteiger partial charge in [0.15, 0.2) is 8.24 Å². The molecule has 0 bridgehead atoms. The number of rotatable bonds is 14. The summed E-state index contributed by atoms with van der Waals surface area (Å²) in [7, 11) is -7.62. The first-order valence-corrected chi connectivity index (χ1v) is 24.1. The molecule has 0 fully saturated rings. The number of nitro groups is 1. The van der Waals surface area contributed by atoms with Crippen molar-refractivity contribution in [3.63, 3.8) is 0 Å². The summed E-state index contributed by atoms with van der Waals surface area (Å²) in [4.78, 5) is 23.8. The number of carbonyl (C=O) groups excluding carboxylic acids is 1. The number of aromatic nitrogens is 1. The number of halogens is 1. The molecule has 0 saturated heterocycles. The van der Waals surface area contributed by atoms with Crippen molar-refractivity contribution in [2.75, 3.05) is 7.11 Å². The van der Waals surface area contributed by atoms with Gasteiger partial charge in [-0.05, 0) is 69.3 Å². The number of methoxy groups -OCH3 is 1. The summed E-state index contributed by atoms with van der Waals surface area (Å²) in [5, 5.41) is 12.6. The van der Waals surface area contributed by atoms with E-state index in [-0.39, 0.29) is 17.0 Å². The Morgan fingerprint density at radius 3 is 1.84 bits per heavy atom. The van der Waals surface area contributed by atoms with Gasteiger partial charge >= 0.3 is 5.97 Å². The van der Waals surface area contributed by atoms with E-state index in [1.807, 2.05) is 12.1 Å². The molecule has 0 aliphatic heterocycles. The van der Waals surface area contributed by atoms with Crippen molar-refractivity contribution in [1.29, 1.82) is 0 Å². The van der Waals surface area contributed by atoms with Gasteiger partial charge in [0, 0.05) is 40.0 Å². The zero-order valence-corrected chi connectivity index (χ0v) is 36.0.